The Labute approximate surface area is 134 Å². The van der Waals surface area contributed by atoms with E-state index in [0.717, 1.165) is 17.7 Å². The number of aryl methyl sites for hydroxylation is 1. The molecule has 0 aliphatic rings. The number of anilines is 1. The van der Waals surface area contributed by atoms with Crippen molar-refractivity contribution >= 4 is 28.3 Å². The van der Waals surface area contributed by atoms with Gasteiger partial charge >= 0.3 is 0 Å². The zero-order chi connectivity index (χ0) is 15.9. The van der Waals surface area contributed by atoms with Crippen LogP contribution in [-0.4, -0.2) is 34.2 Å². The van der Waals surface area contributed by atoms with Gasteiger partial charge in [-0.15, -0.1) is 0 Å². The first-order valence-electron chi connectivity index (χ1n) is 7.07. The third-order valence-electron chi connectivity index (χ3n) is 3.18. The fourth-order valence-corrected chi connectivity index (χ4v) is 2.71. The Morgan fingerprint density at radius 1 is 1.27 bits per heavy atom. The van der Waals surface area contributed by atoms with Gasteiger partial charge in [0.15, 0.2) is 0 Å². The molecule has 1 N–H and O–H groups in total. The van der Waals surface area contributed by atoms with Crippen LogP contribution in [0.4, 0.5) is 5.00 Å². The monoisotopic (exact) mass is 317 g/mol. The van der Waals surface area contributed by atoms with Gasteiger partial charge in [-0.05, 0) is 36.5 Å². The van der Waals surface area contributed by atoms with E-state index in [0.29, 0.717) is 11.5 Å². The van der Waals surface area contributed by atoms with Crippen LogP contribution in [0, 0.1) is 6.92 Å². The lowest BCUT2D eigenvalue weighted by molar-refractivity contribution is -0.132. The van der Waals surface area contributed by atoms with Crippen LogP contribution in [0.2, 0.25) is 0 Å². The van der Waals surface area contributed by atoms with Crippen molar-refractivity contribution in [2.75, 3.05) is 18.4 Å². The molecule has 22 heavy (non-hydrogen) atoms. The topological polar surface area (TPSA) is 62.3 Å². The molecule has 2 amide bonds. The van der Waals surface area contributed by atoms with Gasteiger partial charge in [0.05, 0.1) is 12.2 Å². The first kappa shape index (κ1) is 16.2. The summed E-state index contributed by atoms with van der Waals surface area (Å²) in [6.45, 7) is 3.93. The minimum atomic E-state index is -0.202. The smallest absolute Gasteiger partial charge is 0.244 e. The molecule has 0 aliphatic heterocycles. The molecule has 0 atom stereocenters. The van der Waals surface area contributed by atoms with Crippen molar-refractivity contribution in [3.63, 3.8) is 0 Å². The lowest BCUT2D eigenvalue weighted by Gasteiger charge is -2.20. The number of amides is 2. The standard InChI is InChI=1S/C16H19N3O2S/c1-12-10-16(22-18-12)17-15(21)11-19(13(2)20)9-8-14-6-4-3-5-7-14/h3-7,10H,8-9,11H2,1-2H3,(H,17,21). The molecular weight excluding hydrogens is 298 g/mol. The van der Waals surface area contributed by atoms with Crippen LogP contribution in [0.25, 0.3) is 0 Å². The first-order valence-corrected chi connectivity index (χ1v) is 7.84. The van der Waals surface area contributed by atoms with Gasteiger partial charge in [-0.3, -0.25) is 9.59 Å². The molecule has 0 spiro atoms. The zero-order valence-electron chi connectivity index (χ0n) is 12.7. The molecule has 0 radical (unpaired) electrons. The first-order chi connectivity index (χ1) is 10.5. The number of nitrogens with zero attached hydrogens (tertiary/aromatic N) is 2. The summed E-state index contributed by atoms with van der Waals surface area (Å²) in [5.74, 6) is -0.307. The van der Waals surface area contributed by atoms with E-state index in [-0.39, 0.29) is 18.4 Å². The fourth-order valence-electron chi connectivity index (χ4n) is 2.03. The quantitative estimate of drug-likeness (QED) is 0.890. The number of rotatable bonds is 6. The second-order valence-corrected chi connectivity index (χ2v) is 5.86. The molecule has 1 aromatic carbocycles. The van der Waals surface area contributed by atoms with Crippen molar-refractivity contribution in [1.82, 2.24) is 9.27 Å². The molecule has 0 unspecified atom stereocenters. The number of carbonyl (C=O) groups is 2. The number of aromatic nitrogens is 1. The molecule has 2 rings (SSSR count). The Hall–Kier alpha value is -2.21. The van der Waals surface area contributed by atoms with Crippen molar-refractivity contribution in [3.8, 4) is 0 Å². The lowest BCUT2D eigenvalue weighted by Crippen LogP contribution is -2.37. The maximum Gasteiger partial charge on any atom is 0.244 e. The molecule has 0 saturated heterocycles. The van der Waals surface area contributed by atoms with E-state index >= 15 is 0 Å². The minimum absolute atomic E-state index is 0.0547. The summed E-state index contributed by atoms with van der Waals surface area (Å²) >= 11 is 1.24. The maximum absolute atomic E-state index is 12.0. The Morgan fingerprint density at radius 3 is 2.59 bits per heavy atom. The van der Waals surface area contributed by atoms with Crippen LogP contribution < -0.4 is 5.32 Å². The maximum atomic E-state index is 12.0. The van der Waals surface area contributed by atoms with E-state index < -0.39 is 0 Å². The van der Waals surface area contributed by atoms with Crippen LogP contribution in [0.5, 0.6) is 0 Å². The number of nitrogens with one attached hydrogen (secondary N) is 1. The summed E-state index contributed by atoms with van der Waals surface area (Å²) in [6.07, 6.45) is 0.730. The average molecular weight is 317 g/mol. The zero-order valence-corrected chi connectivity index (χ0v) is 13.5. The summed E-state index contributed by atoms with van der Waals surface area (Å²) in [5, 5.41) is 3.47. The molecule has 6 heteroatoms. The Kier molecular flexibility index (Phi) is 5.66. The molecule has 0 aliphatic carbocycles. The highest BCUT2D eigenvalue weighted by Crippen LogP contribution is 2.15. The highest BCUT2D eigenvalue weighted by atomic mass is 32.1. The van der Waals surface area contributed by atoms with Gasteiger partial charge in [0.1, 0.15) is 5.00 Å². The average Bonchev–Trinajstić information content (AvgIpc) is 2.89. The third-order valence-corrected chi connectivity index (χ3v) is 3.98. The van der Waals surface area contributed by atoms with Gasteiger partial charge in [-0.2, -0.15) is 4.37 Å². The third kappa shape index (κ3) is 4.96. The number of hydrogen-bond donors (Lipinski definition) is 1. The molecule has 0 saturated carbocycles. The van der Waals surface area contributed by atoms with Gasteiger partial charge in [-0.25, -0.2) is 0 Å². The molecule has 116 valence electrons. The van der Waals surface area contributed by atoms with E-state index in [1.54, 1.807) is 4.90 Å². The van der Waals surface area contributed by atoms with Crippen molar-refractivity contribution < 1.29 is 9.59 Å². The Balaban J connectivity index is 1.88. The predicted octanol–water partition coefficient (Wildman–Crippen LogP) is 2.48. The summed E-state index contributed by atoms with van der Waals surface area (Å²) in [6, 6.07) is 11.7. The highest BCUT2D eigenvalue weighted by molar-refractivity contribution is 7.10. The number of hydrogen-bond acceptors (Lipinski definition) is 4. The molecule has 2 aromatic rings. The van der Waals surface area contributed by atoms with Crippen LogP contribution in [0.1, 0.15) is 18.2 Å². The summed E-state index contributed by atoms with van der Waals surface area (Å²) < 4.78 is 4.11. The summed E-state index contributed by atoms with van der Waals surface area (Å²) in [7, 11) is 0. The van der Waals surface area contributed by atoms with Gasteiger partial charge in [0.25, 0.3) is 0 Å². The van der Waals surface area contributed by atoms with E-state index in [1.807, 2.05) is 43.3 Å². The number of carbonyl (C=O) groups excluding carboxylic acids is 2. The Morgan fingerprint density at radius 2 is 2.00 bits per heavy atom. The number of benzene rings is 1. The molecule has 1 aromatic heterocycles. The van der Waals surface area contributed by atoms with E-state index in [9.17, 15) is 9.59 Å². The Bertz CT molecular complexity index is 640. The molecule has 1 heterocycles. The fraction of sp³-hybridized carbons (Fsp3) is 0.312. The largest absolute Gasteiger partial charge is 0.333 e. The minimum Gasteiger partial charge on any atom is -0.333 e. The van der Waals surface area contributed by atoms with Crippen molar-refractivity contribution in [1.29, 1.82) is 0 Å². The van der Waals surface area contributed by atoms with Gasteiger partial charge in [0, 0.05) is 13.5 Å². The molecule has 0 fully saturated rings. The molecular formula is C16H19N3O2S. The predicted molar refractivity (Wildman–Crippen MR) is 87.9 cm³/mol. The van der Waals surface area contributed by atoms with E-state index in [1.165, 1.54) is 18.5 Å². The molecule has 0 bridgehead atoms. The second-order valence-electron chi connectivity index (χ2n) is 5.06. The second kappa shape index (κ2) is 7.70. The SMILES string of the molecule is CC(=O)N(CCc1ccccc1)CC(=O)Nc1cc(C)ns1. The normalized spacial score (nSPS) is 10.3. The van der Waals surface area contributed by atoms with E-state index in [2.05, 4.69) is 9.69 Å². The lowest BCUT2D eigenvalue weighted by atomic mass is 10.1. The van der Waals surface area contributed by atoms with E-state index in [4.69, 9.17) is 0 Å². The van der Waals surface area contributed by atoms with Crippen molar-refractivity contribution in [2.24, 2.45) is 0 Å². The van der Waals surface area contributed by atoms with Gasteiger partial charge in [0.2, 0.25) is 11.8 Å². The van der Waals surface area contributed by atoms with Crippen LogP contribution in [-0.2, 0) is 16.0 Å². The molecule has 5 nitrogen and oxygen atoms in total. The van der Waals surface area contributed by atoms with Crippen LogP contribution >= 0.6 is 11.5 Å². The van der Waals surface area contributed by atoms with Crippen LogP contribution in [0.15, 0.2) is 36.4 Å². The summed E-state index contributed by atoms with van der Waals surface area (Å²) in [4.78, 5) is 25.3. The van der Waals surface area contributed by atoms with Gasteiger partial charge in [-0.1, -0.05) is 30.3 Å². The van der Waals surface area contributed by atoms with Crippen molar-refractivity contribution in [2.45, 2.75) is 20.3 Å². The van der Waals surface area contributed by atoms with Gasteiger partial charge < -0.3 is 10.2 Å². The summed E-state index contributed by atoms with van der Waals surface area (Å²) in [5.41, 5.74) is 2.01. The van der Waals surface area contributed by atoms with Crippen LogP contribution in [0.3, 0.4) is 0 Å². The van der Waals surface area contributed by atoms with Crippen molar-refractivity contribution in [3.05, 3.63) is 47.7 Å². The highest BCUT2D eigenvalue weighted by Gasteiger charge is 2.14.